The van der Waals surface area contributed by atoms with Crippen molar-refractivity contribution in [2.24, 2.45) is 0 Å². The molecule has 0 spiro atoms. The van der Waals surface area contributed by atoms with Crippen molar-refractivity contribution < 1.29 is 13.6 Å². The van der Waals surface area contributed by atoms with E-state index >= 15 is 0 Å². The quantitative estimate of drug-likeness (QED) is 0.743. The predicted molar refractivity (Wildman–Crippen MR) is 92.4 cm³/mol. The van der Waals surface area contributed by atoms with Crippen LogP contribution in [0.3, 0.4) is 0 Å². The summed E-state index contributed by atoms with van der Waals surface area (Å²) >= 11 is 0. The van der Waals surface area contributed by atoms with E-state index < -0.39 is 11.6 Å². The molecule has 0 aliphatic carbocycles. The lowest BCUT2D eigenvalue weighted by molar-refractivity contribution is -0.116. The fourth-order valence-electron chi connectivity index (χ4n) is 2.39. The second-order valence-electron chi connectivity index (χ2n) is 5.59. The minimum Gasteiger partial charge on any atom is -0.384 e. The predicted octanol–water partition coefficient (Wildman–Crippen LogP) is 3.66. The highest BCUT2D eigenvalue weighted by atomic mass is 19.1. The third-order valence-electron chi connectivity index (χ3n) is 3.61. The van der Waals surface area contributed by atoms with Gasteiger partial charge in [-0.05, 0) is 30.7 Å². The number of benzene rings is 1. The van der Waals surface area contributed by atoms with Gasteiger partial charge in [-0.15, -0.1) is 0 Å². The summed E-state index contributed by atoms with van der Waals surface area (Å²) in [7, 11) is 0. The first-order valence-electron chi connectivity index (χ1n) is 7.73. The minimum absolute atomic E-state index is 0.0831. The molecule has 0 saturated heterocycles. The van der Waals surface area contributed by atoms with Crippen molar-refractivity contribution in [1.82, 2.24) is 9.97 Å². The third kappa shape index (κ3) is 4.06. The van der Waals surface area contributed by atoms with Crippen molar-refractivity contribution in [3.05, 3.63) is 59.9 Å². The van der Waals surface area contributed by atoms with Gasteiger partial charge in [-0.25, -0.2) is 13.8 Å². The summed E-state index contributed by atoms with van der Waals surface area (Å²) in [4.78, 5) is 20.0. The Balaban J connectivity index is 1.63. The Morgan fingerprint density at radius 3 is 2.76 bits per heavy atom. The first kappa shape index (κ1) is 16.8. The molecule has 2 N–H and O–H groups in total. The smallest absolute Gasteiger partial charge is 0.227 e. The summed E-state index contributed by atoms with van der Waals surface area (Å²) in [6.07, 6.45) is 3.28. The molecule has 0 saturated carbocycles. The first-order chi connectivity index (χ1) is 12.0. The fourth-order valence-corrected chi connectivity index (χ4v) is 2.39. The Morgan fingerprint density at radius 1 is 1.16 bits per heavy atom. The molecule has 0 radical (unpaired) electrons. The van der Waals surface area contributed by atoms with Gasteiger partial charge >= 0.3 is 0 Å². The molecule has 5 nitrogen and oxygen atoms in total. The molecule has 3 aromatic rings. The SMILES string of the molecule is Cc1ccc(NC(=O)CCNc2ccnc3c(F)cc(F)cc23)nc1. The molecule has 2 heterocycles. The van der Waals surface area contributed by atoms with E-state index in [9.17, 15) is 13.6 Å². The number of rotatable bonds is 5. The van der Waals surface area contributed by atoms with Crippen molar-refractivity contribution in [2.45, 2.75) is 13.3 Å². The summed E-state index contributed by atoms with van der Waals surface area (Å²) in [5, 5.41) is 6.04. The van der Waals surface area contributed by atoms with Crippen LogP contribution in [0.15, 0.2) is 42.7 Å². The van der Waals surface area contributed by atoms with Crippen LogP contribution in [-0.4, -0.2) is 22.4 Å². The van der Waals surface area contributed by atoms with Gasteiger partial charge in [0.2, 0.25) is 5.91 Å². The van der Waals surface area contributed by atoms with E-state index in [0.29, 0.717) is 23.4 Å². The number of pyridine rings is 2. The van der Waals surface area contributed by atoms with E-state index in [-0.39, 0.29) is 17.8 Å². The van der Waals surface area contributed by atoms with Crippen molar-refractivity contribution in [3.63, 3.8) is 0 Å². The molecular formula is C18H16F2N4O. The second-order valence-corrected chi connectivity index (χ2v) is 5.59. The number of aromatic nitrogens is 2. The van der Waals surface area contributed by atoms with Crippen LogP contribution in [-0.2, 0) is 4.79 Å². The number of carbonyl (C=O) groups excluding carboxylic acids is 1. The minimum atomic E-state index is -0.721. The van der Waals surface area contributed by atoms with Crippen molar-refractivity contribution in [2.75, 3.05) is 17.2 Å². The number of hydrogen-bond donors (Lipinski definition) is 2. The molecule has 1 aromatic carbocycles. The normalized spacial score (nSPS) is 10.7. The number of carbonyl (C=O) groups is 1. The molecule has 2 aromatic heterocycles. The summed E-state index contributed by atoms with van der Waals surface area (Å²) in [5.74, 6) is -1.13. The molecule has 0 aliphatic heterocycles. The van der Waals surface area contributed by atoms with Crippen LogP contribution in [0.25, 0.3) is 10.9 Å². The summed E-state index contributed by atoms with van der Waals surface area (Å²) in [5.41, 5.74) is 1.60. The van der Waals surface area contributed by atoms with E-state index in [1.807, 2.05) is 13.0 Å². The molecule has 0 atom stereocenters. The molecule has 25 heavy (non-hydrogen) atoms. The van der Waals surface area contributed by atoms with Crippen LogP contribution in [0.5, 0.6) is 0 Å². The van der Waals surface area contributed by atoms with Crippen LogP contribution in [0, 0.1) is 18.6 Å². The zero-order valence-electron chi connectivity index (χ0n) is 13.5. The third-order valence-corrected chi connectivity index (χ3v) is 3.61. The van der Waals surface area contributed by atoms with Crippen LogP contribution >= 0.6 is 0 Å². The number of amides is 1. The number of hydrogen-bond acceptors (Lipinski definition) is 4. The van der Waals surface area contributed by atoms with Crippen molar-refractivity contribution in [3.8, 4) is 0 Å². The maximum atomic E-state index is 13.7. The van der Waals surface area contributed by atoms with E-state index in [0.717, 1.165) is 11.6 Å². The molecular weight excluding hydrogens is 326 g/mol. The standard InChI is InChI=1S/C18H16F2N4O/c1-11-2-3-16(23-10-11)24-17(25)5-7-21-15-4-6-22-18-13(15)8-12(19)9-14(18)20/h2-4,6,8-10H,5,7H2,1H3,(H,21,22)(H,23,24,25). The topological polar surface area (TPSA) is 66.9 Å². The van der Waals surface area contributed by atoms with E-state index in [1.165, 1.54) is 12.3 Å². The lowest BCUT2D eigenvalue weighted by Gasteiger charge is -2.10. The van der Waals surface area contributed by atoms with Gasteiger partial charge in [0.1, 0.15) is 17.2 Å². The maximum Gasteiger partial charge on any atom is 0.227 e. The highest BCUT2D eigenvalue weighted by Gasteiger charge is 2.09. The molecule has 0 bridgehead atoms. The molecule has 0 unspecified atom stereocenters. The zero-order chi connectivity index (χ0) is 17.8. The molecule has 128 valence electrons. The molecule has 0 fully saturated rings. The monoisotopic (exact) mass is 342 g/mol. The van der Waals surface area contributed by atoms with Gasteiger partial charge in [0, 0.05) is 42.5 Å². The number of nitrogens with zero attached hydrogens (tertiary/aromatic N) is 2. The number of anilines is 2. The van der Waals surface area contributed by atoms with Gasteiger partial charge < -0.3 is 10.6 Å². The Kier molecular flexibility index (Phi) is 4.83. The van der Waals surface area contributed by atoms with Gasteiger partial charge in [0.25, 0.3) is 0 Å². The summed E-state index contributed by atoms with van der Waals surface area (Å²) < 4.78 is 27.2. The maximum absolute atomic E-state index is 13.7. The van der Waals surface area contributed by atoms with Crippen LogP contribution in [0.4, 0.5) is 20.3 Å². The Hall–Kier alpha value is -3.09. The van der Waals surface area contributed by atoms with Gasteiger partial charge in [0.15, 0.2) is 5.82 Å². The van der Waals surface area contributed by atoms with Crippen LogP contribution in [0.1, 0.15) is 12.0 Å². The average molecular weight is 342 g/mol. The Bertz CT molecular complexity index is 913. The van der Waals surface area contributed by atoms with Gasteiger partial charge in [-0.2, -0.15) is 0 Å². The molecule has 0 aliphatic rings. The molecule has 3 rings (SSSR count). The highest BCUT2D eigenvalue weighted by molar-refractivity contribution is 5.92. The van der Waals surface area contributed by atoms with E-state index in [1.54, 1.807) is 18.3 Å². The number of fused-ring (bicyclic) bond motifs is 1. The van der Waals surface area contributed by atoms with Gasteiger partial charge in [-0.1, -0.05) is 6.07 Å². The van der Waals surface area contributed by atoms with E-state index in [2.05, 4.69) is 20.6 Å². The zero-order valence-corrected chi connectivity index (χ0v) is 13.5. The highest BCUT2D eigenvalue weighted by Crippen LogP contribution is 2.24. The summed E-state index contributed by atoms with van der Waals surface area (Å²) in [6, 6.07) is 7.20. The number of nitrogens with one attached hydrogen (secondary N) is 2. The fraction of sp³-hybridized carbons (Fsp3) is 0.167. The van der Waals surface area contributed by atoms with Crippen molar-refractivity contribution in [1.29, 1.82) is 0 Å². The summed E-state index contributed by atoms with van der Waals surface area (Å²) in [6.45, 7) is 2.21. The van der Waals surface area contributed by atoms with Crippen LogP contribution < -0.4 is 10.6 Å². The average Bonchev–Trinajstić information content (AvgIpc) is 2.57. The first-order valence-corrected chi connectivity index (χ1v) is 7.73. The van der Waals surface area contributed by atoms with Crippen molar-refractivity contribution >= 4 is 28.3 Å². The largest absolute Gasteiger partial charge is 0.384 e. The Labute approximate surface area is 143 Å². The molecule has 7 heteroatoms. The van der Waals surface area contributed by atoms with E-state index in [4.69, 9.17) is 0 Å². The second kappa shape index (κ2) is 7.21. The lowest BCUT2D eigenvalue weighted by Crippen LogP contribution is -2.17. The lowest BCUT2D eigenvalue weighted by atomic mass is 10.1. The number of halogens is 2. The Morgan fingerprint density at radius 2 is 2.00 bits per heavy atom. The van der Waals surface area contributed by atoms with Gasteiger partial charge in [0.05, 0.1) is 0 Å². The number of aryl methyl sites for hydroxylation is 1. The molecule has 1 amide bonds. The van der Waals surface area contributed by atoms with Crippen LogP contribution in [0.2, 0.25) is 0 Å². The van der Waals surface area contributed by atoms with Gasteiger partial charge in [-0.3, -0.25) is 9.78 Å².